The van der Waals surface area contributed by atoms with Crippen LogP contribution in [-0.2, 0) is 0 Å². The molecule has 140 valence electrons. The summed E-state index contributed by atoms with van der Waals surface area (Å²) in [5.41, 5.74) is 1.26. The van der Waals surface area contributed by atoms with E-state index in [4.69, 9.17) is 4.74 Å². The lowest BCUT2D eigenvalue weighted by atomic mass is 10.0. The number of likely N-dealkylation sites (tertiary alicyclic amines) is 1. The monoisotopic (exact) mass is 345 g/mol. The highest BCUT2D eigenvalue weighted by Gasteiger charge is 2.24. The molecule has 3 rings (SSSR count). The minimum atomic E-state index is 0.781. The van der Waals surface area contributed by atoms with Gasteiger partial charge in [-0.3, -0.25) is 4.90 Å². The van der Waals surface area contributed by atoms with Crippen LogP contribution in [0.5, 0.6) is 5.75 Å². The van der Waals surface area contributed by atoms with Crippen molar-refractivity contribution in [1.82, 2.24) is 14.7 Å². The SMILES string of the molecule is Cc1cccc(OCCCN2CCN(CC3CCCCN3C)CC2)c1. The summed E-state index contributed by atoms with van der Waals surface area (Å²) in [6.45, 7) is 11.5. The average Bonchev–Trinajstić information content (AvgIpc) is 2.62. The molecule has 0 aliphatic carbocycles. The van der Waals surface area contributed by atoms with Gasteiger partial charge in [-0.1, -0.05) is 18.6 Å². The van der Waals surface area contributed by atoms with Gasteiger partial charge in [0.05, 0.1) is 6.61 Å². The van der Waals surface area contributed by atoms with Crippen LogP contribution in [0.4, 0.5) is 0 Å². The van der Waals surface area contributed by atoms with Crippen molar-refractivity contribution in [3.05, 3.63) is 29.8 Å². The molecule has 2 saturated heterocycles. The number of piperazine rings is 1. The van der Waals surface area contributed by atoms with Crippen LogP contribution >= 0.6 is 0 Å². The van der Waals surface area contributed by atoms with Gasteiger partial charge in [0.25, 0.3) is 0 Å². The second-order valence-corrected chi connectivity index (χ2v) is 7.79. The number of likely N-dealkylation sites (N-methyl/N-ethyl adjacent to an activating group) is 1. The summed E-state index contributed by atoms with van der Waals surface area (Å²) < 4.78 is 5.87. The van der Waals surface area contributed by atoms with Crippen LogP contribution < -0.4 is 4.74 Å². The van der Waals surface area contributed by atoms with E-state index in [1.54, 1.807) is 0 Å². The smallest absolute Gasteiger partial charge is 0.119 e. The summed E-state index contributed by atoms with van der Waals surface area (Å²) in [6.07, 6.45) is 5.29. The molecule has 1 aromatic rings. The average molecular weight is 346 g/mol. The van der Waals surface area contributed by atoms with Crippen molar-refractivity contribution in [1.29, 1.82) is 0 Å². The van der Waals surface area contributed by atoms with Gasteiger partial charge in [0, 0.05) is 45.3 Å². The third kappa shape index (κ3) is 5.98. The van der Waals surface area contributed by atoms with Crippen molar-refractivity contribution >= 4 is 0 Å². The normalized spacial score (nSPS) is 23.7. The zero-order chi connectivity index (χ0) is 17.5. The summed E-state index contributed by atoms with van der Waals surface area (Å²) in [5.74, 6) is 1.00. The second kappa shape index (κ2) is 9.56. The number of aryl methyl sites for hydroxylation is 1. The zero-order valence-corrected chi connectivity index (χ0v) is 16.1. The lowest BCUT2D eigenvalue weighted by Gasteiger charge is -2.40. The van der Waals surface area contributed by atoms with E-state index in [1.165, 1.54) is 64.1 Å². The lowest BCUT2D eigenvalue weighted by molar-refractivity contribution is 0.0823. The molecule has 0 spiro atoms. The first-order valence-electron chi connectivity index (χ1n) is 10.0. The first-order valence-corrected chi connectivity index (χ1v) is 10.0. The number of ether oxygens (including phenoxy) is 1. The van der Waals surface area contributed by atoms with Crippen LogP contribution in [0.2, 0.25) is 0 Å². The van der Waals surface area contributed by atoms with Gasteiger partial charge in [0.2, 0.25) is 0 Å². The van der Waals surface area contributed by atoms with E-state index >= 15 is 0 Å². The van der Waals surface area contributed by atoms with Crippen LogP contribution in [0.1, 0.15) is 31.2 Å². The largest absolute Gasteiger partial charge is 0.494 e. The Morgan fingerprint density at radius 3 is 2.60 bits per heavy atom. The maximum absolute atomic E-state index is 5.87. The van der Waals surface area contributed by atoms with Gasteiger partial charge in [-0.25, -0.2) is 0 Å². The Kier molecular flexibility index (Phi) is 7.14. The Balaban J connectivity index is 1.29. The molecule has 1 unspecified atom stereocenters. The van der Waals surface area contributed by atoms with Crippen molar-refractivity contribution < 1.29 is 4.74 Å². The molecular formula is C21H35N3O. The van der Waals surface area contributed by atoms with Gasteiger partial charge in [-0.2, -0.15) is 0 Å². The molecule has 0 bridgehead atoms. The molecule has 0 saturated carbocycles. The molecule has 2 heterocycles. The fourth-order valence-electron chi connectivity index (χ4n) is 4.05. The van der Waals surface area contributed by atoms with Gasteiger partial charge in [0.1, 0.15) is 5.75 Å². The fourth-order valence-corrected chi connectivity index (χ4v) is 4.05. The predicted octanol–water partition coefficient (Wildman–Crippen LogP) is 2.87. The summed E-state index contributed by atoms with van der Waals surface area (Å²) in [7, 11) is 2.30. The van der Waals surface area contributed by atoms with Crippen LogP contribution in [0.3, 0.4) is 0 Å². The van der Waals surface area contributed by atoms with Crippen LogP contribution in [0.25, 0.3) is 0 Å². The molecule has 2 aliphatic rings. The first-order chi connectivity index (χ1) is 12.2. The Morgan fingerprint density at radius 2 is 1.84 bits per heavy atom. The summed E-state index contributed by atoms with van der Waals surface area (Å²) in [4.78, 5) is 7.84. The molecule has 1 atom stereocenters. The molecule has 0 aromatic heterocycles. The van der Waals surface area contributed by atoms with Gasteiger partial charge >= 0.3 is 0 Å². The molecule has 0 radical (unpaired) electrons. The van der Waals surface area contributed by atoms with Crippen molar-refractivity contribution in [2.45, 2.75) is 38.6 Å². The zero-order valence-electron chi connectivity index (χ0n) is 16.1. The fraction of sp³-hybridized carbons (Fsp3) is 0.714. The van der Waals surface area contributed by atoms with Crippen LogP contribution in [-0.4, -0.2) is 80.2 Å². The molecule has 0 amide bonds. The number of piperidine rings is 1. The molecule has 2 aliphatic heterocycles. The van der Waals surface area contributed by atoms with Crippen molar-refractivity contribution in [2.75, 3.05) is 59.5 Å². The third-order valence-corrected chi connectivity index (χ3v) is 5.73. The van der Waals surface area contributed by atoms with Gasteiger partial charge in [-0.15, -0.1) is 0 Å². The predicted molar refractivity (Wildman–Crippen MR) is 104 cm³/mol. The molecule has 0 N–H and O–H groups in total. The second-order valence-electron chi connectivity index (χ2n) is 7.79. The number of hydrogen-bond donors (Lipinski definition) is 0. The number of benzene rings is 1. The standard InChI is InChI=1S/C21H35N3O/c1-19-7-5-9-21(17-19)25-16-6-11-23-12-14-24(15-13-23)18-20-8-3-4-10-22(20)2/h5,7,9,17,20H,3-4,6,8,10-16,18H2,1-2H3. The number of nitrogens with zero attached hydrogens (tertiary/aromatic N) is 3. The third-order valence-electron chi connectivity index (χ3n) is 5.73. The van der Waals surface area contributed by atoms with Crippen LogP contribution in [0, 0.1) is 6.92 Å². The highest BCUT2D eigenvalue weighted by molar-refractivity contribution is 5.27. The van der Waals surface area contributed by atoms with Crippen molar-refractivity contribution in [2.24, 2.45) is 0 Å². The Labute approximate surface area is 153 Å². The van der Waals surface area contributed by atoms with E-state index in [1.807, 2.05) is 6.07 Å². The molecule has 4 nitrogen and oxygen atoms in total. The van der Waals surface area contributed by atoms with Gasteiger partial charge in [-0.05, 0) is 57.5 Å². The maximum Gasteiger partial charge on any atom is 0.119 e. The Hall–Kier alpha value is -1.10. The van der Waals surface area contributed by atoms with E-state index in [9.17, 15) is 0 Å². The first kappa shape index (κ1) is 18.7. The minimum Gasteiger partial charge on any atom is -0.494 e. The van der Waals surface area contributed by atoms with E-state index in [-0.39, 0.29) is 0 Å². The lowest BCUT2D eigenvalue weighted by Crippen LogP contribution is -2.52. The van der Waals surface area contributed by atoms with Crippen molar-refractivity contribution in [3.63, 3.8) is 0 Å². The maximum atomic E-state index is 5.87. The molecule has 4 heteroatoms. The van der Waals surface area contributed by atoms with E-state index in [0.717, 1.165) is 31.4 Å². The van der Waals surface area contributed by atoms with E-state index in [2.05, 4.69) is 46.9 Å². The van der Waals surface area contributed by atoms with Crippen molar-refractivity contribution in [3.8, 4) is 5.75 Å². The Morgan fingerprint density at radius 1 is 1.04 bits per heavy atom. The molecule has 2 fully saturated rings. The van der Waals surface area contributed by atoms with E-state index < -0.39 is 0 Å². The molecular weight excluding hydrogens is 310 g/mol. The highest BCUT2D eigenvalue weighted by atomic mass is 16.5. The number of rotatable bonds is 7. The minimum absolute atomic E-state index is 0.781. The quantitative estimate of drug-likeness (QED) is 0.707. The van der Waals surface area contributed by atoms with E-state index in [0.29, 0.717) is 0 Å². The van der Waals surface area contributed by atoms with Crippen LogP contribution in [0.15, 0.2) is 24.3 Å². The topological polar surface area (TPSA) is 19.0 Å². The van der Waals surface area contributed by atoms with Gasteiger partial charge < -0.3 is 14.5 Å². The highest BCUT2D eigenvalue weighted by Crippen LogP contribution is 2.17. The number of hydrogen-bond acceptors (Lipinski definition) is 4. The summed E-state index contributed by atoms with van der Waals surface area (Å²) in [5, 5.41) is 0. The van der Waals surface area contributed by atoms with Gasteiger partial charge in [0.15, 0.2) is 0 Å². The molecule has 25 heavy (non-hydrogen) atoms. The summed E-state index contributed by atoms with van der Waals surface area (Å²) >= 11 is 0. The Bertz CT molecular complexity index is 514. The molecule has 1 aromatic carbocycles. The summed E-state index contributed by atoms with van der Waals surface area (Å²) in [6, 6.07) is 9.11.